The molecular weight excluding hydrogens is 297 g/mol. The van der Waals surface area contributed by atoms with Gasteiger partial charge in [0, 0.05) is 18.7 Å². The van der Waals surface area contributed by atoms with Crippen LogP contribution < -0.4 is 10.1 Å². The van der Waals surface area contributed by atoms with Gasteiger partial charge >= 0.3 is 0 Å². The molecule has 1 aliphatic rings. The quantitative estimate of drug-likeness (QED) is 0.795. The number of halogens is 1. The minimum atomic E-state index is -0.464. The third kappa shape index (κ3) is 3.89. The van der Waals surface area contributed by atoms with Crippen molar-refractivity contribution in [2.24, 2.45) is 0 Å². The predicted octanol–water partition coefficient (Wildman–Crippen LogP) is 2.75. The first kappa shape index (κ1) is 16.0. The summed E-state index contributed by atoms with van der Waals surface area (Å²) < 4.78 is 24.4. The van der Waals surface area contributed by atoms with Crippen molar-refractivity contribution in [2.45, 2.75) is 25.4 Å². The fourth-order valence-electron chi connectivity index (χ4n) is 2.99. The zero-order valence-electron chi connectivity index (χ0n) is 13.3. The van der Waals surface area contributed by atoms with Gasteiger partial charge in [-0.3, -0.25) is 4.90 Å². The summed E-state index contributed by atoms with van der Waals surface area (Å²) in [6.45, 7) is 3.25. The number of likely N-dealkylation sites (tertiary alicyclic amines) is 1. The zero-order chi connectivity index (χ0) is 16.1. The lowest BCUT2D eigenvalue weighted by Gasteiger charge is -2.26. The molecule has 0 radical (unpaired) electrons. The number of furan rings is 1. The van der Waals surface area contributed by atoms with Crippen LogP contribution in [0.25, 0.3) is 0 Å². The predicted molar refractivity (Wildman–Crippen MR) is 84.7 cm³/mol. The number of rotatable bonds is 7. The van der Waals surface area contributed by atoms with Gasteiger partial charge in [0.2, 0.25) is 5.95 Å². The smallest absolute Gasteiger partial charge is 0.217 e. The van der Waals surface area contributed by atoms with Gasteiger partial charge in [-0.1, -0.05) is 0 Å². The number of hydrogen-bond donors (Lipinski definition) is 1. The molecule has 2 aromatic heterocycles. The van der Waals surface area contributed by atoms with E-state index in [-0.39, 0.29) is 6.04 Å². The lowest BCUT2D eigenvalue weighted by Crippen LogP contribution is -2.33. The fraction of sp³-hybridized carbons (Fsp3) is 0.471. The maximum atomic E-state index is 13.8. The third-order valence-electron chi connectivity index (χ3n) is 4.23. The van der Waals surface area contributed by atoms with Crippen molar-refractivity contribution < 1.29 is 13.5 Å². The van der Waals surface area contributed by atoms with E-state index in [1.807, 2.05) is 12.1 Å². The molecule has 1 saturated heterocycles. The van der Waals surface area contributed by atoms with Crippen molar-refractivity contribution in [3.63, 3.8) is 0 Å². The van der Waals surface area contributed by atoms with Crippen molar-refractivity contribution in [2.75, 3.05) is 26.7 Å². The molecule has 2 aromatic rings. The Morgan fingerprint density at radius 3 is 2.96 bits per heavy atom. The van der Waals surface area contributed by atoms with E-state index in [1.54, 1.807) is 19.4 Å². The second-order valence-corrected chi connectivity index (χ2v) is 5.73. The first-order valence-electron chi connectivity index (χ1n) is 7.94. The summed E-state index contributed by atoms with van der Waals surface area (Å²) in [5.74, 6) is 1.04. The van der Waals surface area contributed by atoms with E-state index in [4.69, 9.17) is 9.15 Å². The highest BCUT2D eigenvalue weighted by Crippen LogP contribution is 2.25. The molecule has 0 aromatic carbocycles. The van der Waals surface area contributed by atoms with Crippen molar-refractivity contribution in [1.29, 1.82) is 0 Å². The summed E-state index contributed by atoms with van der Waals surface area (Å²) >= 11 is 0. The van der Waals surface area contributed by atoms with Crippen LogP contribution in [0.1, 0.15) is 30.2 Å². The van der Waals surface area contributed by atoms with Gasteiger partial charge in [0.05, 0.1) is 25.6 Å². The van der Waals surface area contributed by atoms with E-state index in [1.165, 1.54) is 19.0 Å². The summed E-state index contributed by atoms with van der Waals surface area (Å²) in [4.78, 5) is 6.12. The van der Waals surface area contributed by atoms with E-state index in [0.717, 1.165) is 18.8 Å². The van der Waals surface area contributed by atoms with Gasteiger partial charge in [-0.15, -0.1) is 0 Å². The van der Waals surface area contributed by atoms with Crippen LogP contribution in [0.15, 0.2) is 35.1 Å². The Hall–Kier alpha value is -1.92. The molecule has 1 fully saturated rings. The van der Waals surface area contributed by atoms with E-state index in [9.17, 15) is 4.39 Å². The van der Waals surface area contributed by atoms with Crippen LogP contribution in [-0.4, -0.2) is 36.6 Å². The average Bonchev–Trinajstić information content (AvgIpc) is 3.27. The van der Waals surface area contributed by atoms with Gasteiger partial charge in [-0.2, -0.15) is 4.39 Å². The largest absolute Gasteiger partial charge is 0.495 e. The molecule has 124 valence electrons. The molecule has 1 N–H and O–H groups in total. The molecule has 0 aliphatic carbocycles. The molecule has 23 heavy (non-hydrogen) atoms. The van der Waals surface area contributed by atoms with E-state index in [0.29, 0.717) is 24.4 Å². The summed E-state index contributed by atoms with van der Waals surface area (Å²) in [6, 6.07) is 5.75. The molecule has 1 atom stereocenters. The van der Waals surface area contributed by atoms with Crippen molar-refractivity contribution in [3.8, 4) is 5.75 Å². The molecule has 5 nitrogen and oxygen atoms in total. The summed E-state index contributed by atoms with van der Waals surface area (Å²) in [7, 11) is 1.55. The van der Waals surface area contributed by atoms with Crippen molar-refractivity contribution in [1.82, 2.24) is 15.2 Å². The lowest BCUT2D eigenvalue weighted by molar-refractivity contribution is 0.209. The SMILES string of the molecule is COc1cnc(F)c(CNC[C@H](c2ccco2)N2CCCC2)c1. The Balaban J connectivity index is 1.63. The molecule has 3 rings (SSSR count). The van der Waals surface area contributed by atoms with E-state index in [2.05, 4.69) is 15.2 Å². The number of hydrogen-bond acceptors (Lipinski definition) is 5. The van der Waals surface area contributed by atoms with Gasteiger partial charge in [0.1, 0.15) is 11.5 Å². The van der Waals surface area contributed by atoms with Crippen LogP contribution in [0.4, 0.5) is 4.39 Å². The molecule has 0 spiro atoms. The van der Waals surface area contributed by atoms with Gasteiger partial charge in [-0.05, 0) is 44.1 Å². The molecule has 0 bridgehead atoms. The summed E-state index contributed by atoms with van der Waals surface area (Å²) in [5, 5.41) is 3.32. The number of aromatic nitrogens is 1. The minimum absolute atomic E-state index is 0.175. The van der Waals surface area contributed by atoms with E-state index < -0.39 is 5.95 Å². The Kier molecular flexibility index (Phi) is 5.25. The summed E-state index contributed by atoms with van der Waals surface area (Å²) in [5.41, 5.74) is 0.504. The molecule has 3 heterocycles. The number of pyridine rings is 1. The highest BCUT2D eigenvalue weighted by molar-refractivity contribution is 5.24. The standard InChI is InChI=1S/C17H22FN3O2/c1-22-14-9-13(17(18)20-11-14)10-19-12-15(16-5-4-8-23-16)21-6-2-3-7-21/h4-5,8-9,11,15,19H,2-3,6-7,10,12H2,1H3/t15-/m1/s1. The van der Waals surface area contributed by atoms with Crippen LogP contribution in [-0.2, 0) is 6.54 Å². The maximum absolute atomic E-state index is 13.8. The van der Waals surface area contributed by atoms with Gasteiger partial charge in [-0.25, -0.2) is 4.98 Å². The number of nitrogens with one attached hydrogen (secondary N) is 1. The third-order valence-corrected chi connectivity index (χ3v) is 4.23. The number of ether oxygens (including phenoxy) is 1. The molecule has 1 aliphatic heterocycles. The maximum Gasteiger partial charge on any atom is 0.217 e. The average molecular weight is 319 g/mol. The van der Waals surface area contributed by atoms with Crippen molar-refractivity contribution in [3.05, 3.63) is 47.9 Å². The van der Waals surface area contributed by atoms with Crippen LogP contribution >= 0.6 is 0 Å². The highest BCUT2D eigenvalue weighted by Gasteiger charge is 2.25. The molecule has 6 heteroatoms. The first-order chi connectivity index (χ1) is 11.3. The first-order valence-corrected chi connectivity index (χ1v) is 7.94. The highest BCUT2D eigenvalue weighted by atomic mass is 19.1. The second kappa shape index (κ2) is 7.57. The van der Waals surface area contributed by atoms with Gasteiger partial charge < -0.3 is 14.5 Å². The zero-order valence-corrected chi connectivity index (χ0v) is 13.3. The Labute approximate surface area is 135 Å². The van der Waals surface area contributed by atoms with Crippen molar-refractivity contribution >= 4 is 0 Å². The van der Waals surface area contributed by atoms with Crippen LogP contribution in [0.2, 0.25) is 0 Å². The summed E-state index contributed by atoms with van der Waals surface area (Å²) in [6.07, 6.45) is 5.51. The van der Waals surface area contributed by atoms with E-state index >= 15 is 0 Å². The van der Waals surface area contributed by atoms with Gasteiger partial charge in [0.15, 0.2) is 0 Å². The Morgan fingerprint density at radius 2 is 2.26 bits per heavy atom. The Bertz CT molecular complexity index is 612. The van der Waals surface area contributed by atoms with Crippen LogP contribution in [0, 0.1) is 5.95 Å². The molecule has 0 unspecified atom stereocenters. The fourth-order valence-corrected chi connectivity index (χ4v) is 2.99. The normalized spacial score (nSPS) is 16.6. The second-order valence-electron chi connectivity index (χ2n) is 5.73. The number of methoxy groups -OCH3 is 1. The van der Waals surface area contributed by atoms with Crippen LogP contribution in [0.3, 0.4) is 0 Å². The lowest BCUT2D eigenvalue weighted by atomic mass is 10.2. The van der Waals surface area contributed by atoms with Gasteiger partial charge in [0.25, 0.3) is 0 Å². The molecule has 0 saturated carbocycles. The Morgan fingerprint density at radius 1 is 1.43 bits per heavy atom. The monoisotopic (exact) mass is 319 g/mol. The molecule has 0 amide bonds. The van der Waals surface area contributed by atoms with Crippen LogP contribution in [0.5, 0.6) is 5.75 Å². The number of nitrogens with zero attached hydrogens (tertiary/aromatic N) is 2. The topological polar surface area (TPSA) is 50.5 Å². The molecular formula is C17H22FN3O2. The minimum Gasteiger partial charge on any atom is -0.495 e.